The average molecular weight is 1220 g/mol. The predicted octanol–water partition coefficient (Wildman–Crippen LogP) is 18.4. The summed E-state index contributed by atoms with van der Waals surface area (Å²) in [5, 5.41) is 0. The predicted molar refractivity (Wildman–Crippen MR) is 384 cm³/mol. The van der Waals surface area contributed by atoms with Crippen molar-refractivity contribution in [3.05, 3.63) is 278 Å². The third kappa shape index (κ3) is 11.6. The monoisotopic (exact) mass is 1220 g/mol. The number of rotatable bonds is 4. The third-order valence-corrected chi connectivity index (χ3v) is 18.5. The van der Waals surface area contributed by atoms with Crippen molar-refractivity contribution in [3.8, 4) is 74.7 Å². The van der Waals surface area contributed by atoms with Gasteiger partial charge in [0.25, 0.3) is 0 Å². The molecule has 456 valence electrons. The van der Waals surface area contributed by atoms with E-state index >= 15 is 0 Å². The minimum atomic E-state index is -0.354. The summed E-state index contributed by atoms with van der Waals surface area (Å²) in [4.78, 5) is 37.1. The lowest BCUT2D eigenvalue weighted by atomic mass is 9.86. The van der Waals surface area contributed by atoms with Gasteiger partial charge in [0.2, 0.25) is 0 Å². The van der Waals surface area contributed by atoms with Gasteiger partial charge in [-0.25, -0.2) is 9.97 Å². The highest BCUT2D eigenvalue weighted by molar-refractivity contribution is 5.99. The van der Waals surface area contributed by atoms with E-state index in [-0.39, 0.29) is 16.2 Å². The number of nitrogens with one attached hydrogen (secondary N) is 4. The van der Waals surface area contributed by atoms with E-state index in [1.165, 1.54) is 11.1 Å². The van der Waals surface area contributed by atoms with E-state index < -0.39 is 0 Å². The van der Waals surface area contributed by atoms with Crippen LogP contribution in [0.25, 0.3) is 89.8 Å². The van der Waals surface area contributed by atoms with Crippen molar-refractivity contribution in [1.82, 2.24) is 39.9 Å². The zero-order valence-electron chi connectivity index (χ0n) is 54.4. The molecule has 5 aliphatic heterocycles. The summed E-state index contributed by atoms with van der Waals surface area (Å²) >= 11 is 0. The fourth-order valence-corrected chi connectivity index (χ4v) is 13.2. The Balaban J connectivity index is 0.926. The first kappa shape index (κ1) is 58.9. The Morgan fingerprint density at radius 1 is 0.415 bits per heavy atom. The minimum absolute atomic E-state index is 0.210. The van der Waals surface area contributed by atoms with Crippen LogP contribution in [0.5, 0.6) is 5.75 Å². The maximum Gasteiger partial charge on any atom is 0.163 e. The molecule has 0 atom stereocenters. The van der Waals surface area contributed by atoms with Gasteiger partial charge in [-0.2, -0.15) is 0 Å². The molecule has 16 bridgehead atoms. The van der Waals surface area contributed by atoms with Crippen LogP contribution in [0.3, 0.4) is 0 Å². The van der Waals surface area contributed by atoms with Gasteiger partial charge in [-0.05, 0) is 140 Å². The Bertz CT molecular complexity index is 5420. The lowest BCUT2D eigenvalue weighted by Crippen LogP contribution is -2.15. The second-order valence-corrected chi connectivity index (χ2v) is 27.2. The molecule has 94 heavy (non-hydrogen) atoms. The second-order valence-electron chi connectivity index (χ2n) is 27.2. The van der Waals surface area contributed by atoms with Gasteiger partial charge in [-0.1, -0.05) is 185 Å². The van der Waals surface area contributed by atoms with E-state index in [2.05, 4.69) is 250 Å². The molecule has 9 nitrogen and oxygen atoms in total. The van der Waals surface area contributed by atoms with Gasteiger partial charge in [0.05, 0.1) is 69.0 Å². The molecule has 0 spiro atoms. The highest BCUT2D eigenvalue weighted by atomic mass is 16.5. The first-order chi connectivity index (χ1) is 45.4. The fourth-order valence-electron chi connectivity index (χ4n) is 13.2. The van der Waals surface area contributed by atoms with Crippen molar-refractivity contribution in [1.29, 1.82) is 0 Å². The number of aromatic nitrogens is 8. The molecule has 0 saturated heterocycles. The first-order valence-corrected chi connectivity index (χ1v) is 32.2. The van der Waals surface area contributed by atoms with Crippen LogP contribution in [-0.2, 0) is 35.5 Å². The molecule has 15 rings (SSSR count). The highest BCUT2D eigenvalue weighted by Crippen LogP contribution is 2.42. The molecule has 9 heteroatoms. The van der Waals surface area contributed by atoms with Crippen LogP contribution < -0.4 is 4.74 Å². The van der Waals surface area contributed by atoms with Crippen molar-refractivity contribution in [3.63, 3.8) is 0 Å². The number of benzene rings is 5. The Morgan fingerprint density at radius 3 is 1.59 bits per heavy atom. The van der Waals surface area contributed by atoms with Crippen molar-refractivity contribution >= 4 is 56.4 Å². The largest absolute Gasteiger partial charge is 0.493 e. The number of aromatic amines is 4. The molecule has 0 amide bonds. The Kier molecular flexibility index (Phi) is 14.6. The van der Waals surface area contributed by atoms with Crippen LogP contribution >= 0.6 is 0 Å². The summed E-state index contributed by atoms with van der Waals surface area (Å²) in [5.41, 5.74) is 27.4. The molecule has 0 aliphatic carbocycles. The molecule has 4 N–H and O–H groups in total. The second kappa shape index (κ2) is 23.4. The van der Waals surface area contributed by atoms with Crippen LogP contribution in [0.4, 0.5) is 0 Å². The molecular weight excluding hydrogens is 1150 g/mol. The maximum atomic E-state index is 6.32. The van der Waals surface area contributed by atoms with E-state index in [1.807, 2.05) is 60.7 Å². The molecule has 10 aromatic rings. The molecule has 0 fully saturated rings. The number of nitrogens with zero attached hydrogens (tertiary/aromatic N) is 4. The van der Waals surface area contributed by atoms with E-state index in [0.29, 0.717) is 12.8 Å². The average Bonchev–Trinajstić information content (AvgIpc) is 1.63. The smallest absolute Gasteiger partial charge is 0.163 e. The quantitative estimate of drug-likeness (QED) is 0.131. The summed E-state index contributed by atoms with van der Waals surface area (Å²) in [5.74, 6) is 22.0. The normalized spacial score (nSPS) is 14.4. The van der Waals surface area contributed by atoms with Gasteiger partial charge < -0.3 is 24.7 Å². The standard InChI is InChI=1S/C85H70N8O/c1-52-20-29-57(30-21-52)66-45-71-65(76-50-84(5,6)79(92-76)48-73-67(58-31-22-53(2)23-32-58)46-75(91-73)82(94-9)77-51-85(7,8)80(93-77)47-72(66)90-71)38-28-56-24-33-59(34-25-56)81-68-39-37-62(86-68)42-69-60(35-26-54-16-12-10-13-17-54)40-63(87-69)44-78-83(3,4)49-64(88-78)43-70-61(41-74(81)89-70)36-27-55-18-14-11-15-19-55/h10-25,29-34,37,39-48,86,88,90-91H,49-51H2,1-9H3. The Labute approximate surface area is 549 Å². The van der Waals surface area contributed by atoms with Crippen molar-refractivity contribution in [2.75, 3.05) is 7.11 Å². The molecule has 5 aromatic heterocycles. The van der Waals surface area contributed by atoms with Gasteiger partial charge in [0.1, 0.15) is 0 Å². The third-order valence-electron chi connectivity index (χ3n) is 18.5. The van der Waals surface area contributed by atoms with Crippen LogP contribution in [0.1, 0.15) is 132 Å². The van der Waals surface area contributed by atoms with E-state index in [4.69, 9.17) is 24.7 Å². The first-order valence-electron chi connectivity index (χ1n) is 32.2. The molecule has 5 aromatic carbocycles. The fraction of sp³-hybridized carbons (Fsp3) is 0.176. The lowest BCUT2D eigenvalue weighted by Gasteiger charge is -2.16. The summed E-state index contributed by atoms with van der Waals surface area (Å²) in [6.07, 6.45) is 6.35. The molecule has 0 unspecified atom stereocenters. The molecule has 5 aliphatic rings. The number of fused-ring (bicyclic) bond motifs is 16. The van der Waals surface area contributed by atoms with Crippen LogP contribution in [0.2, 0.25) is 0 Å². The SMILES string of the molecule is COc1c2nc(cc3[nH]c(cc3-c3ccc(C)cc3)c(C#Cc3ccc(-c4c5nc(cc6[nH]c(cc7nc(cc8ccc4[nH]8)C(C#Cc4ccccc4)=C7)C(C)(C)C6)C(C#Cc4ccccc4)=C5)cc3)c3nc(cc4[nH]c1cc4-c1ccc(C)cc1)C(C)(C)C3)C(C)(C)C2. The molecular formula is C85H70N8O. The summed E-state index contributed by atoms with van der Waals surface area (Å²) in [6, 6.07) is 65.7. The number of hydrogen-bond acceptors (Lipinski definition) is 5. The number of H-pyrrole nitrogens is 4. The number of allylic oxidation sites excluding steroid dienone is 2. The maximum absolute atomic E-state index is 6.32. The minimum Gasteiger partial charge on any atom is -0.493 e. The summed E-state index contributed by atoms with van der Waals surface area (Å²) in [6.45, 7) is 17.8. The molecule has 10 heterocycles. The number of methoxy groups -OCH3 is 1. The number of hydrogen-bond donors (Lipinski definition) is 4. The number of aryl methyl sites for hydroxylation is 2. The number of ether oxygens (including phenoxy) is 1. The molecule has 0 saturated carbocycles. The van der Waals surface area contributed by atoms with Gasteiger partial charge in [0, 0.05) is 107 Å². The van der Waals surface area contributed by atoms with Crippen LogP contribution in [0, 0.1) is 49.4 Å². The van der Waals surface area contributed by atoms with Gasteiger partial charge >= 0.3 is 0 Å². The summed E-state index contributed by atoms with van der Waals surface area (Å²) < 4.78 is 6.32. The highest BCUT2D eigenvalue weighted by Gasteiger charge is 2.34. The zero-order chi connectivity index (χ0) is 64.5. The van der Waals surface area contributed by atoms with Gasteiger partial charge in [-0.15, -0.1) is 0 Å². The van der Waals surface area contributed by atoms with Crippen molar-refractivity contribution in [2.45, 2.75) is 90.9 Å². The summed E-state index contributed by atoms with van der Waals surface area (Å²) in [7, 11) is 1.75. The van der Waals surface area contributed by atoms with Crippen LogP contribution in [-0.4, -0.2) is 47.0 Å². The van der Waals surface area contributed by atoms with Gasteiger partial charge in [0.15, 0.2) is 5.75 Å². The van der Waals surface area contributed by atoms with E-state index in [9.17, 15) is 0 Å². The Hall–Kier alpha value is -11.4. The van der Waals surface area contributed by atoms with E-state index in [1.54, 1.807) is 7.11 Å². The topological polar surface area (TPSA) is 124 Å². The van der Waals surface area contributed by atoms with Crippen molar-refractivity contribution in [2.24, 2.45) is 0 Å². The molecule has 0 radical (unpaired) electrons. The zero-order valence-corrected chi connectivity index (χ0v) is 54.4. The van der Waals surface area contributed by atoms with Gasteiger partial charge in [-0.3, -0.25) is 9.97 Å². The van der Waals surface area contributed by atoms with Crippen molar-refractivity contribution < 1.29 is 4.74 Å². The van der Waals surface area contributed by atoms with E-state index in [0.717, 1.165) is 169 Å². The van der Waals surface area contributed by atoms with Crippen LogP contribution in [0.15, 0.2) is 188 Å². The Morgan fingerprint density at radius 2 is 0.957 bits per heavy atom. The lowest BCUT2D eigenvalue weighted by molar-refractivity contribution is 0.409.